The summed E-state index contributed by atoms with van der Waals surface area (Å²) in [5.74, 6) is 0. The molecule has 0 N–H and O–H groups in total. The molecular formula is C18H18O2. The van der Waals surface area contributed by atoms with Crippen LogP contribution in [-0.4, -0.2) is 14.2 Å². The van der Waals surface area contributed by atoms with Crippen LogP contribution in [0.25, 0.3) is 21.5 Å². The van der Waals surface area contributed by atoms with Gasteiger partial charge in [-0.05, 0) is 32.7 Å². The fourth-order valence-electron chi connectivity index (χ4n) is 2.91. The molecule has 0 aromatic heterocycles. The lowest BCUT2D eigenvalue weighted by atomic mass is 9.92. The summed E-state index contributed by atoms with van der Waals surface area (Å²) in [5, 5.41) is 5.05. The minimum absolute atomic E-state index is 0.601. The Bertz CT molecular complexity index is 682. The fourth-order valence-corrected chi connectivity index (χ4v) is 2.91. The maximum absolute atomic E-state index is 5.42. The Balaban J connectivity index is 2.47. The summed E-state index contributed by atoms with van der Waals surface area (Å²) < 4.78 is 10.8. The summed E-state index contributed by atoms with van der Waals surface area (Å²) in [5.41, 5.74) is 2.45. The van der Waals surface area contributed by atoms with E-state index in [-0.39, 0.29) is 0 Å². The van der Waals surface area contributed by atoms with Gasteiger partial charge in [-0.2, -0.15) is 0 Å². The van der Waals surface area contributed by atoms with Crippen molar-refractivity contribution in [3.8, 4) is 0 Å². The maximum Gasteiger partial charge on any atom is 0.0722 e. The first-order valence-electron chi connectivity index (χ1n) is 6.76. The van der Waals surface area contributed by atoms with Gasteiger partial charge in [0.15, 0.2) is 0 Å². The van der Waals surface area contributed by atoms with E-state index >= 15 is 0 Å². The van der Waals surface area contributed by atoms with Crippen LogP contribution in [0.1, 0.15) is 11.1 Å². The van der Waals surface area contributed by atoms with Gasteiger partial charge in [-0.15, -0.1) is 0 Å². The summed E-state index contributed by atoms with van der Waals surface area (Å²) in [7, 11) is 3.47. The molecule has 0 spiro atoms. The molecule has 0 bridgehead atoms. The lowest BCUT2D eigenvalue weighted by Gasteiger charge is -2.16. The molecule has 0 radical (unpaired) electrons. The van der Waals surface area contributed by atoms with Gasteiger partial charge in [0.1, 0.15) is 0 Å². The molecule has 0 fully saturated rings. The van der Waals surface area contributed by atoms with Gasteiger partial charge in [-0.25, -0.2) is 0 Å². The molecule has 2 heteroatoms. The van der Waals surface area contributed by atoms with Gasteiger partial charge >= 0.3 is 0 Å². The molecule has 0 heterocycles. The molecule has 0 aliphatic heterocycles. The standard InChI is InChI=1S/C18H18O2/c1-19-11-17-15-9-5-3-7-13(15)14-8-4-6-10-16(14)18(17)12-20-2/h3-10H,11-12H2,1-2H3. The first kappa shape index (κ1) is 13.1. The molecule has 3 rings (SSSR count). The Labute approximate surface area is 118 Å². The van der Waals surface area contributed by atoms with E-state index in [0.717, 1.165) is 0 Å². The monoisotopic (exact) mass is 266 g/mol. The Morgan fingerprint density at radius 3 is 1.30 bits per heavy atom. The quantitative estimate of drug-likeness (QED) is 0.656. The molecule has 0 aliphatic carbocycles. The van der Waals surface area contributed by atoms with E-state index in [1.165, 1.54) is 32.7 Å². The second kappa shape index (κ2) is 5.61. The number of ether oxygens (including phenoxy) is 2. The van der Waals surface area contributed by atoms with Crippen LogP contribution >= 0.6 is 0 Å². The van der Waals surface area contributed by atoms with Crippen LogP contribution in [0.3, 0.4) is 0 Å². The van der Waals surface area contributed by atoms with Gasteiger partial charge in [-0.3, -0.25) is 0 Å². The zero-order valence-corrected chi connectivity index (χ0v) is 11.8. The van der Waals surface area contributed by atoms with Crippen LogP contribution in [0.15, 0.2) is 48.5 Å². The second-order valence-electron chi connectivity index (χ2n) is 4.91. The van der Waals surface area contributed by atoms with Crippen LogP contribution in [0.2, 0.25) is 0 Å². The van der Waals surface area contributed by atoms with Crippen molar-refractivity contribution >= 4 is 21.5 Å². The summed E-state index contributed by atoms with van der Waals surface area (Å²) in [4.78, 5) is 0. The zero-order chi connectivity index (χ0) is 13.9. The molecule has 20 heavy (non-hydrogen) atoms. The molecule has 3 aromatic carbocycles. The van der Waals surface area contributed by atoms with E-state index in [0.29, 0.717) is 13.2 Å². The minimum Gasteiger partial charge on any atom is -0.380 e. The number of rotatable bonds is 4. The molecule has 0 atom stereocenters. The predicted octanol–water partition coefficient (Wildman–Crippen LogP) is 4.29. The average molecular weight is 266 g/mol. The minimum atomic E-state index is 0.601. The summed E-state index contributed by atoms with van der Waals surface area (Å²) in [6, 6.07) is 17.0. The normalized spacial score (nSPS) is 11.3. The van der Waals surface area contributed by atoms with Crippen LogP contribution in [-0.2, 0) is 22.7 Å². The van der Waals surface area contributed by atoms with E-state index < -0.39 is 0 Å². The third kappa shape index (κ3) is 2.07. The van der Waals surface area contributed by atoms with Crippen molar-refractivity contribution in [1.82, 2.24) is 0 Å². The molecule has 102 valence electrons. The number of hydrogen-bond acceptors (Lipinski definition) is 2. The van der Waals surface area contributed by atoms with E-state index in [9.17, 15) is 0 Å². The van der Waals surface area contributed by atoms with Crippen LogP contribution in [0.5, 0.6) is 0 Å². The smallest absolute Gasteiger partial charge is 0.0722 e. The van der Waals surface area contributed by atoms with Gasteiger partial charge in [0.25, 0.3) is 0 Å². The third-order valence-electron chi connectivity index (χ3n) is 3.74. The van der Waals surface area contributed by atoms with E-state index in [1.54, 1.807) is 14.2 Å². The van der Waals surface area contributed by atoms with Gasteiger partial charge in [0, 0.05) is 14.2 Å². The summed E-state index contributed by atoms with van der Waals surface area (Å²) >= 11 is 0. The van der Waals surface area contributed by atoms with Crippen molar-refractivity contribution in [3.05, 3.63) is 59.7 Å². The van der Waals surface area contributed by atoms with Crippen molar-refractivity contribution < 1.29 is 9.47 Å². The second-order valence-corrected chi connectivity index (χ2v) is 4.91. The van der Waals surface area contributed by atoms with Gasteiger partial charge in [-0.1, -0.05) is 48.5 Å². The predicted molar refractivity (Wildman–Crippen MR) is 82.9 cm³/mol. The largest absolute Gasteiger partial charge is 0.380 e. The van der Waals surface area contributed by atoms with Crippen molar-refractivity contribution in [1.29, 1.82) is 0 Å². The molecule has 0 saturated carbocycles. The highest BCUT2D eigenvalue weighted by atomic mass is 16.5. The van der Waals surface area contributed by atoms with Crippen LogP contribution in [0, 0.1) is 0 Å². The molecule has 0 aliphatic rings. The number of fused-ring (bicyclic) bond motifs is 3. The summed E-state index contributed by atoms with van der Waals surface area (Å²) in [6.45, 7) is 1.20. The van der Waals surface area contributed by atoms with Crippen molar-refractivity contribution in [3.63, 3.8) is 0 Å². The first-order valence-corrected chi connectivity index (χ1v) is 6.76. The van der Waals surface area contributed by atoms with Gasteiger partial charge in [0.05, 0.1) is 13.2 Å². The van der Waals surface area contributed by atoms with Crippen molar-refractivity contribution in [2.45, 2.75) is 13.2 Å². The van der Waals surface area contributed by atoms with Crippen LogP contribution in [0.4, 0.5) is 0 Å². The topological polar surface area (TPSA) is 18.5 Å². The molecule has 0 saturated heterocycles. The lowest BCUT2D eigenvalue weighted by molar-refractivity contribution is 0.170. The highest BCUT2D eigenvalue weighted by Gasteiger charge is 2.13. The Morgan fingerprint density at radius 2 is 0.950 bits per heavy atom. The van der Waals surface area contributed by atoms with Gasteiger partial charge < -0.3 is 9.47 Å². The Hall–Kier alpha value is -1.90. The van der Waals surface area contributed by atoms with Crippen molar-refractivity contribution in [2.24, 2.45) is 0 Å². The average Bonchev–Trinajstić information content (AvgIpc) is 2.51. The number of methoxy groups -OCH3 is 2. The van der Waals surface area contributed by atoms with Crippen molar-refractivity contribution in [2.75, 3.05) is 14.2 Å². The molecule has 0 amide bonds. The SMILES string of the molecule is COCc1c(COC)c2ccccc2c2ccccc12. The fraction of sp³-hybridized carbons (Fsp3) is 0.222. The Kier molecular flexibility index (Phi) is 3.68. The number of benzene rings is 3. The molecule has 2 nitrogen and oxygen atoms in total. The summed E-state index contributed by atoms with van der Waals surface area (Å²) in [6.07, 6.45) is 0. The maximum atomic E-state index is 5.42. The molecular weight excluding hydrogens is 248 g/mol. The van der Waals surface area contributed by atoms with E-state index in [1.807, 2.05) is 0 Å². The van der Waals surface area contributed by atoms with Crippen LogP contribution < -0.4 is 0 Å². The highest BCUT2D eigenvalue weighted by Crippen LogP contribution is 2.33. The zero-order valence-electron chi connectivity index (χ0n) is 11.8. The first-order chi connectivity index (χ1) is 9.86. The van der Waals surface area contributed by atoms with Gasteiger partial charge in [0.2, 0.25) is 0 Å². The van der Waals surface area contributed by atoms with E-state index in [2.05, 4.69) is 48.5 Å². The molecule has 0 unspecified atom stereocenters. The molecule has 3 aromatic rings. The van der Waals surface area contributed by atoms with E-state index in [4.69, 9.17) is 9.47 Å². The number of hydrogen-bond donors (Lipinski definition) is 0. The third-order valence-corrected chi connectivity index (χ3v) is 3.74. The highest BCUT2D eigenvalue weighted by molar-refractivity contribution is 6.10. The lowest BCUT2D eigenvalue weighted by Crippen LogP contribution is -2.01. The Morgan fingerprint density at radius 1 is 0.600 bits per heavy atom.